The lowest BCUT2D eigenvalue weighted by Crippen LogP contribution is -2.29. The predicted octanol–water partition coefficient (Wildman–Crippen LogP) is 4.73. The number of aromatic nitrogens is 3. The highest BCUT2D eigenvalue weighted by Crippen LogP contribution is 2.33. The van der Waals surface area contributed by atoms with Crippen LogP contribution in [0.2, 0.25) is 0 Å². The van der Waals surface area contributed by atoms with Crippen molar-refractivity contribution >= 4 is 9.84 Å². The number of benzene rings is 2. The highest BCUT2D eigenvalue weighted by Gasteiger charge is 2.32. The number of aromatic hydroxyl groups is 1. The fourth-order valence-corrected chi connectivity index (χ4v) is 5.85. The molecule has 0 aliphatic rings. The van der Waals surface area contributed by atoms with Gasteiger partial charge in [-0.1, -0.05) is 55.8 Å². The van der Waals surface area contributed by atoms with E-state index in [2.05, 4.69) is 9.97 Å². The first-order chi connectivity index (χ1) is 18.3. The summed E-state index contributed by atoms with van der Waals surface area (Å²) in [4.78, 5) is 20.6. The first kappa shape index (κ1) is 27.2. The smallest absolute Gasteiger partial charge is 0.296 e. The van der Waals surface area contributed by atoms with Crippen molar-refractivity contribution < 1.29 is 18.3 Å². The second-order valence-electron chi connectivity index (χ2n) is 9.06. The van der Waals surface area contributed by atoms with Crippen LogP contribution < -0.4 is 5.56 Å². The van der Waals surface area contributed by atoms with Gasteiger partial charge in [0.15, 0.2) is 4.90 Å². The molecule has 0 aliphatic heterocycles. The van der Waals surface area contributed by atoms with Crippen LogP contribution in [0.5, 0.6) is 5.88 Å². The minimum atomic E-state index is -4.40. The largest absolute Gasteiger partial charge is 0.493 e. The summed E-state index contributed by atoms with van der Waals surface area (Å²) in [5, 5.41) is 11.5. The number of rotatable bonds is 10. The summed E-state index contributed by atoms with van der Waals surface area (Å²) in [7, 11) is -2.87. The zero-order valence-corrected chi connectivity index (χ0v) is 22.5. The van der Waals surface area contributed by atoms with E-state index in [0.29, 0.717) is 18.7 Å². The molecule has 4 rings (SSSR count). The Balaban J connectivity index is 1.87. The lowest BCUT2D eigenvalue weighted by atomic mass is 10.0. The SMILES string of the molecule is CCCCc1nc(=O)c(S(=O)(=O)c2ccc(-c3ccncc3C)cc2)c(O)n1C(COC)c1ccccc1. The van der Waals surface area contributed by atoms with Gasteiger partial charge in [0.05, 0.1) is 17.5 Å². The molecule has 0 aliphatic carbocycles. The molecular weight excluding hydrogens is 502 g/mol. The van der Waals surface area contributed by atoms with Crippen LogP contribution in [0.1, 0.15) is 42.8 Å². The van der Waals surface area contributed by atoms with Crippen LogP contribution in [0.15, 0.2) is 87.6 Å². The molecule has 0 spiro atoms. The molecule has 9 heteroatoms. The zero-order valence-electron chi connectivity index (χ0n) is 21.7. The van der Waals surface area contributed by atoms with Crippen LogP contribution in [0, 0.1) is 6.92 Å². The third-order valence-corrected chi connectivity index (χ3v) is 8.26. The number of unbranched alkanes of at least 4 members (excludes halogenated alkanes) is 1. The lowest BCUT2D eigenvalue weighted by molar-refractivity contribution is 0.161. The molecule has 38 heavy (non-hydrogen) atoms. The maximum Gasteiger partial charge on any atom is 0.296 e. The molecule has 0 saturated carbocycles. The molecule has 2 heterocycles. The van der Waals surface area contributed by atoms with Crippen LogP contribution >= 0.6 is 0 Å². The normalized spacial score (nSPS) is 12.4. The maximum atomic E-state index is 13.7. The third-order valence-electron chi connectivity index (χ3n) is 6.47. The summed E-state index contributed by atoms with van der Waals surface area (Å²) in [5.74, 6) is -0.334. The number of ether oxygens (including phenoxy) is 1. The van der Waals surface area contributed by atoms with Gasteiger partial charge in [-0.15, -0.1) is 0 Å². The number of pyridine rings is 1. The Kier molecular flexibility index (Phi) is 8.38. The van der Waals surface area contributed by atoms with Crippen molar-refractivity contribution in [3.63, 3.8) is 0 Å². The van der Waals surface area contributed by atoms with Gasteiger partial charge < -0.3 is 9.84 Å². The second kappa shape index (κ2) is 11.7. The molecule has 0 radical (unpaired) electrons. The second-order valence-corrected chi connectivity index (χ2v) is 10.9. The predicted molar refractivity (Wildman–Crippen MR) is 145 cm³/mol. The fourth-order valence-electron chi connectivity index (χ4n) is 4.50. The molecule has 2 aromatic carbocycles. The molecule has 1 atom stereocenters. The summed E-state index contributed by atoms with van der Waals surface area (Å²) >= 11 is 0. The summed E-state index contributed by atoms with van der Waals surface area (Å²) in [6, 6.07) is 16.7. The van der Waals surface area contributed by atoms with E-state index in [1.807, 2.05) is 50.2 Å². The number of methoxy groups -OCH3 is 1. The third kappa shape index (κ3) is 5.39. The van der Waals surface area contributed by atoms with E-state index in [4.69, 9.17) is 4.74 Å². The van der Waals surface area contributed by atoms with Crippen LogP contribution in [-0.2, 0) is 21.0 Å². The van der Waals surface area contributed by atoms with Gasteiger partial charge in [-0.25, -0.2) is 8.42 Å². The lowest BCUT2D eigenvalue weighted by Gasteiger charge is -2.25. The minimum Gasteiger partial charge on any atom is -0.493 e. The Labute approximate surface area is 222 Å². The van der Waals surface area contributed by atoms with Crippen LogP contribution in [0.4, 0.5) is 0 Å². The standard InChI is InChI=1S/C29H31N3O5S/c1-4-5-11-26-31-28(33)27(29(34)32(26)25(19-37-3)22-9-7-6-8-10-22)38(35,36)23-14-12-21(13-15-23)24-16-17-30-18-20(24)2/h6-10,12-18,25,34H,4-5,11,19H2,1-3H3. The van der Waals surface area contributed by atoms with Crippen molar-refractivity contribution in [3.8, 4) is 17.0 Å². The molecule has 2 aromatic heterocycles. The Hall–Kier alpha value is -3.82. The first-order valence-electron chi connectivity index (χ1n) is 12.4. The Morgan fingerprint density at radius 1 is 1.05 bits per heavy atom. The number of aryl methyl sites for hydroxylation is 2. The molecule has 1 N–H and O–H groups in total. The van der Waals surface area contributed by atoms with E-state index in [9.17, 15) is 18.3 Å². The van der Waals surface area contributed by atoms with Gasteiger partial charge in [0, 0.05) is 25.9 Å². The summed E-state index contributed by atoms with van der Waals surface area (Å²) < 4.78 is 34.3. The van der Waals surface area contributed by atoms with Crippen LogP contribution in [-0.4, -0.2) is 41.8 Å². The molecule has 4 aromatic rings. The van der Waals surface area contributed by atoms with E-state index in [0.717, 1.165) is 28.7 Å². The highest BCUT2D eigenvalue weighted by atomic mass is 32.2. The Morgan fingerprint density at radius 3 is 2.39 bits per heavy atom. The van der Waals surface area contributed by atoms with Gasteiger partial charge in [-0.05, 0) is 53.8 Å². The van der Waals surface area contributed by atoms with Crippen molar-refractivity contribution in [1.29, 1.82) is 0 Å². The van der Waals surface area contributed by atoms with E-state index >= 15 is 0 Å². The summed E-state index contributed by atoms with van der Waals surface area (Å²) in [5.41, 5.74) is 2.47. The topological polar surface area (TPSA) is 111 Å². The maximum absolute atomic E-state index is 13.7. The number of sulfone groups is 1. The van der Waals surface area contributed by atoms with E-state index in [1.165, 1.54) is 23.8 Å². The van der Waals surface area contributed by atoms with E-state index in [-0.39, 0.29) is 11.5 Å². The molecule has 0 fully saturated rings. The van der Waals surface area contributed by atoms with Crippen molar-refractivity contribution in [2.45, 2.75) is 48.9 Å². The van der Waals surface area contributed by atoms with Crippen molar-refractivity contribution in [1.82, 2.24) is 14.5 Å². The average molecular weight is 534 g/mol. The molecule has 0 bridgehead atoms. The average Bonchev–Trinajstić information content (AvgIpc) is 2.91. The van der Waals surface area contributed by atoms with Gasteiger partial charge in [-0.3, -0.25) is 14.3 Å². The van der Waals surface area contributed by atoms with Crippen molar-refractivity contribution in [3.05, 3.63) is 100 Å². The van der Waals surface area contributed by atoms with Gasteiger partial charge in [0.2, 0.25) is 15.7 Å². The number of hydrogen-bond acceptors (Lipinski definition) is 7. The van der Waals surface area contributed by atoms with Crippen LogP contribution in [0.25, 0.3) is 11.1 Å². The van der Waals surface area contributed by atoms with Crippen molar-refractivity contribution in [2.24, 2.45) is 0 Å². The van der Waals surface area contributed by atoms with E-state index in [1.54, 1.807) is 24.5 Å². The monoisotopic (exact) mass is 533 g/mol. The first-order valence-corrected chi connectivity index (χ1v) is 13.9. The Morgan fingerprint density at radius 2 is 1.76 bits per heavy atom. The molecule has 8 nitrogen and oxygen atoms in total. The molecule has 0 saturated heterocycles. The van der Waals surface area contributed by atoms with Gasteiger partial charge in [-0.2, -0.15) is 4.98 Å². The molecule has 0 amide bonds. The quantitative estimate of drug-likeness (QED) is 0.314. The summed E-state index contributed by atoms with van der Waals surface area (Å²) in [6.07, 6.45) is 5.34. The highest BCUT2D eigenvalue weighted by molar-refractivity contribution is 7.91. The molecular formula is C29H31N3O5S. The van der Waals surface area contributed by atoms with Gasteiger partial charge in [0.1, 0.15) is 5.82 Å². The number of hydrogen-bond donors (Lipinski definition) is 1. The number of nitrogens with zero attached hydrogens (tertiary/aromatic N) is 3. The molecule has 198 valence electrons. The van der Waals surface area contributed by atoms with E-state index < -0.39 is 32.2 Å². The fraction of sp³-hybridized carbons (Fsp3) is 0.276. The Bertz CT molecular complexity index is 1570. The zero-order chi connectivity index (χ0) is 27.3. The van der Waals surface area contributed by atoms with Gasteiger partial charge >= 0.3 is 0 Å². The van der Waals surface area contributed by atoms with Crippen LogP contribution in [0.3, 0.4) is 0 Å². The van der Waals surface area contributed by atoms with Gasteiger partial charge in [0.25, 0.3) is 5.56 Å². The summed E-state index contributed by atoms with van der Waals surface area (Å²) in [6.45, 7) is 4.06. The van der Waals surface area contributed by atoms with Crippen molar-refractivity contribution in [2.75, 3.05) is 13.7 Å². The minimum absolute atomic E-state index is 0.113. The molecule has 1 unspecified atom stereocenters.